The van der Waals surface area contributed by atoms with E-state index in [-0.39, 0.29) is 5.92 Å². The molecule has 0 amide bonds. The standard InChI is InChI=1S/C28H26F5N7/c1-3-5-21-19(28(37-35-21)17-7-9-34-16(2)12-17)8-11-40-15-22(36-38-40)18-6-4-10-39(13-18)14-20-23(29)25(31)27(33)26(32)24(20)30/h3,5,7-9,12,15,18,35H,1,4,6,10-11,13-14H2,2H3/b19-8+,21-5+/t18-/m1/s1. The Bertz CT molecular complexity index is 1650. The van der Waals surface area contributed by atoms with Gasteiger partial charge in [-0.3, -0.25) is 15.0 Å². The Labute approximate surface area is 226 Å². The van der Waals surface area contributed by atoms with Gasteiger partial charge in [-0.25, -0.2) is 26.6 Å². The van der Waals surface area contributed by atoms with Crippen LogP contribution in [-0.4, -0.2) is 48.2 Å². The van der Waals surface area contributed by atoms with Crippen molar-refractivity contribution < 1.29 is 22.0 Å². The van der Waals surface area contributed by atoms with Crippen molar-refractivity contribution in [3.8, 4) is 11.3 Å². The fourth-order valence-electron chi connectivity index (χ4n) is 4.96. The van der Waals surface area contributed by atoms with E-state index in [9.17, 15) is 22.0 Å². The van der Waals surface area contributed by atoms with Crippen molar-refractivity contribution in [1.82, 2.24) is 35.1 Å². The summed E-state index contributed by atoms with van der Waals surface area (Å²) in [5, 5.41) is 17.7. The number of aromatic nitrogens is 6. The third-order valence-electron chi connectivity index (χ3n) is 6.93. The molecule has 1 N–H and O–H groups in total. The predicted molar refractivity (Wildman–Crippen MR) is 138 cm³/mol. The topological polar surface area (TPSA) is 75.5 Å². The fraction of sp³-hybridized carbons (Fsp3) is 0.286. The number of aryl methyl sites for hydroxylation is 1. The molecule has 0 bridgehead atoms. The highest BCUT2D eigenvalue weighted by Gasteiger charge is 2.29. The molecule has 0 spiro atoms. The van der Waals surface area contributed by atoms with E-state index in [0.717, 1.165) is 33.9 Å². The van der Waals surface area contributed by atoms with Gasteiger partial charge in [0, 0.05) is 53.4 Å². The van der Waals surface area contributed by atoms with E-state index in [0.29, 0.717) is 31.7 Å². The highest BCUT2D eigenvalue weighted by molar-refractivity contribution is 5.61. The van der Waals surface area contributed by atoms with Crippen molar-refractivity contribution in [2.24, 2.45) is 0 Å². The number of rotatable bonds is 7. The molecule has 1 aromatic carbocycles. The Morgan fingerprint density at radius 2 is 1.85 bits per heavy atom. The Morgan fingerprint density at radius 1 is 1.10 bits per heavy atom. The average Bonchev–Trinajstić information content (AvgIpc) is 3.60. The summed E-state index contributed by atoms with van der Waals surface area (Å²) in [5.41, 5.74) is 2.39. The van der Waals surface area contributed by atoms with E-state index >= 15 is 0 Å². The van der Waals surface area contributed by atoms with Crippen molar-refractivity contribution in [1.29, 1.82) is 0 Å². The first-order chi connectivity index (χ1) is 19.3. The Hall–Kier alpha value is -4.19. The smallest absolute Gasteiger partial charge is 0.200 e. The van der Waals surface area contributed by atoms with Crippen LogP contribution in [0.1, 0.15) is 35.7 Å². The molecule has 1 aliphatic rings. The van der Waals surface area contributed by atoms with Crippen LogP contribution in [0.25, 0.3) is 23.4 Å². The summed E-state index contributed by atoms with van der Waals surface area (Å²) in [5.74, 6) is -9.73. The van der Waals surface area contributed by atoms with Crippen molar-refractivity contribution in [3.63, 3.8) is 0 Å². The van der Waals surface area contributed by atoms with Crippen LogP contribution in [0.5, 0.6) is 0 Å². The molecule has 0 saturated carbocycles. The summed E-state index contributed by atoms with van der Waals surface area (Å²) in [6, 6.07) is 3.83. The molecule has 0 aliphatic carbocycles. The molecule has 1 atom stereocenters. The molecule has 208 valence electrons. The molecular formula is C28H26F5N7. The van der Waals surface area contributed by atoms with Crippen LogP contribution >= 0.6 is 0 Å². The monoisotopic (exact) mass is 555 g/mol. The first-order valence-electron chi connectivity index (χ1n) is 12.7. The number of likely N-dealkylation sites (tertiary alicyclic amines) is 1. The van der Waals surface area contributed by atoms with Crippen LogP contribution in [0.15, 0.2) is 37.2 Å². The molecular weight excluding hydrogens is 529 g/mol. The predicted octanol–water partition coefficient (Wildman–Crippen LogP) is 3.89. The SMILES string of the molecule is C=C/C=c1/[nH]nc(-c2ccnc(C)c2)/c1=C/Cn1cc([C@@H]2CCCN(Cc3c(F)c(F)c(F)c(F)c3F)C2)nn1. The number of pyridine rings is 1. The highest BCUT2D eigenvalue weighted by atomic mass is 19.2. The van der Waals surface area contributed by atoms with Gasteiger partial charge in [0.15, 0.2) is 23.3 Å². The summed E-state index contributed by atoms with van der Waals surface area (Å²) in [7, 11) is 0. The van der Waals surface area contributed by atoms with Crippen molar-refractivity contribution in [3.05, 3.63) is 93.8 Å². The maximum atomic E-state index is 14.2. The minimum atomic E-state index is -2.16. The summed E-state index contributed by atoms with van der Waals surface area (Å²) in [6.07, 6.45) is 10.4. The minimum absolute atomic E-state index is 0.113. The summed E-state index contributed by atoms with van der Waals surface area (Å²) in [6.45, 7) is 6.46. The number of nitrogens with one attached hydrogen (secondary N) is 1. The lowest BCUT2D eigenvalue weighted by Gasteiger charge is -2.31. The van der Waals surface area contributed by atoms with Crippen molar-refractivity contribution in [2.45, 2.75) is 38.8 Å². The molecule has 12 heteroatoms. The maximum absolute atomic E-state index is 14.2. The van der Waals surface area contributed by atoms with Gasteiger partial charge in [0.05, 0.1) is 23.3 Å². The molecule has 7 nitrogen and oxygen atoms in total. The number of H-pyrrole nitrogens is 1. The van der Waals surface area contributed by atoms with Gasteiger partial charge in [0.2, 0.25) is 5.82 Å². The minimum Gasteiger partial charge on any atom is -0.298 e. The Morgan fingerprint density at radius 3 is 2.58 bits per heavy atom. The number of aromatic amines is 1. The normalized spacial score (nSPS) is 17.1. The number of benzene rings is 1. The lowest BCUT2D eigenvalue weighted by Crippen LogP contribution is -2.35. The third kappa shape index (κ3) is 5.44. The van der Waals surface area contributed by atoms with Crippen LogP contribution in [0.2, 0.25) is 0 Å². The molecule has 3 aromatic heterocycles. The second-order valence-corrected chi connectivity index (χ2v) is 9.68. The van der Waals surface area contributed by atoms with E-state index in [1.165, 1.54) is 0 Å². The zero-order chi connectivity index (χ0) is 28.4. The second kappa shape index (κ2) is 11.5. The molecule has 1 saturated heterocycles. The van der Waals surface area contributed by atoms with Crippen LogP contribution in [0, 0.1) is 36.0 Å². The number of piperidine rings is 1. The van der Waals surface area contributed by atoms with Gasteiger partial charge in [0.1, 0.15) is 0 Å². The van der Waals surface area contributed by atoms with Gasteiger partial charge in [0.25, 0.3) is 0 Å². The Kier molecular flexibility index (Phi) is 7.88. The van der Waals surface area contributed by atoms with Gasteiger partial charge in [-0.05, 0) is 44.5 Å². The molecule has 4 aromatic rings. The lowest BCUT2D eigenvalue weighted by atomic mass is 9.95. The highest BCUT2D eigenvalue weighted by Crippen LogP contribution is 2.29. The van der Waals surface area contributed by atoms with E-state index in [1.807, 2.05) is 31.2 Å². The summed E-state index contributed by atoms with van der Waals surface area (Å²) >= 11 is 0. The number of hydrogen-bond acceptors (Lipinski definition) is 5. The van der Waals surface area contributed by atoms with Crippen molar-refractivity contribution >= 4 is 12.2 Å². The molecule has 4 heterocycles. The maximum Gasteiger partial charge on any atom is 0.200 e. The zero-order valence-electron chi connectivity index (χ0n) is 21.6. The molecule has 0 radical (unpaired) electrons. The number of nitrogens with zero attached hydrogens (tertiary/aromatic N) is 6. The van der Waals surface area contributed by atoms with Crippen LogP contribution in [-0.2, 0) is 13.1 Å². The number of hydrogen-bond donors (Lipinski definition) is 1. The first kappa shape index (κ1) is 27.4. The lowest BCUT2D eigenvalue weighted by molar-refractivity contribution is 0.191. The first-order valence-corrected chi connectivity index (χ1v) is 12.7. The van der Waals surface area contributed by atoms with E-state index < -0.39 is 41.2 Å². The molecule has 40 heavy (non-hydrogen) atoms. The van der Waals surface area contributed by atoms with Gasteiger partial charge < -0.3 is 0 Å². The van der Waals surface area contributed by atoms with Crippen LogP contribution in [0.3, 0.4) is 0 Å². The zero-order valence-corrected chi connectivity index (χ0v) is 21.6. The van der Waals surface area contributed by atoms with Gasteiger partial charge in [-0.15, -0.1) is 5.10 Å². The van der Waals surface area contributed by atoms with Crippen molar-refractivity contribution in [2.75, 3.05) is 13.1 Å². The molecule has 1 aliphatic heterocycles. The molecule has 5 rings (SSSR count). The fourth-order valence-corrected chi connectivity index (χ4v) is 4.96. The summed E-state index contributed by atoms with van der Waals surface area (Å²) in [4.78, 5) is 5.91. The van der Waals surface area contributed by atoms with E-state index in [4.69, 9.17) is 0 Å². The Balaban J connectivity index is 1.35. The van der Waals surface area contributed by atoms with Gasteiger partial charge in [-0.1, -0.05) is 23.9 Å². The number of halogens is 5. The largest absolute Gasteiger partial charge is 0.298 e. The van der Waals surface area contributed by atoms with Crippen LogP contribution in [0.4, 0.5) is 22.0 Å². The van der Waals surface area contributed by atoms with Gasteiger partial charge >= 0.3 is 0 Å². The van der Waals surface area contributed by atoms with Gasteiger partial charge in [-0.2, -0.15) is 5.10 Å². The second-order valence-electron chi connectivity index (χ2n) is 9.68. The average molecular weight is 556 g/mol. The molecule has 0 unspecified atom stereocenters. The van der Waals surface area contributed by atoms with E-state index in [1.54, 1.807) is 28.1 Å². The van der Waals surface area contributed by atoms with Crippen LogP contribution < -0.4 is 10.6 Å². The third-order valence-corrected chi connectivity index (χ3v) is 6.93. The van der Waals surface area contributed by atoms with E-state index in [2.05, 4.69) is 32.1 Å². The summed E-state index contributed by atoms with van der Waals surface area (Å²) < 4.78 is 70.9. The quantitative estimate of drug-likeness (QED) is 0.213. The number of allylic oxidation sites excluding steroid dienone is 1. The molecule has 1 fully saturated rings.